The van der Waals surface area contributed by atoms with E-state index in [0.29, 0.717) is 17.1 Å². The number of nitrogens with one attached hydrogen (secondary N) is 1. The van der Waals surface area contributed by atoms with Gasteiger partial charge >= 0.3 is 0 Å². The van der Waals surface area contributed by atoms with E-state index in [4.69, 9.17) is 17.0 Å². The van der Waals surface area contributed by atoms with Crippen molar-refractivity contribution < 1.29 is 4.74 Å². The maximum absolute atomic E-state index is 5.44. The zero-order chi connectivity index (χ0) is 8.65. The summed E-state index contributed by atoms with van der Waals surface area (Å²) in [6.07, 6.45) is 0. The van der Waals surface area contributed by atoms with Gasteiger partial charge in [0.2, 0.25) is 0 Å². The third-order valence-corrected chi connectivity index (χ3v) is 2.25. The van der Waals surface area contributed by atoms with E-state index in [9.17, 15) is 0 Å². The first kappa shape index (κ1) is 8.78. The molecule has 64 valence electrons. The summed E-state index contributed by atoms with van der Waals surface area (Å²) in [6.45, 7) is 8.45. The van der Waals surface area contributed by atoms with Gasteiger partial charge in [-0.3, -0.25) is 0 Å². The Morgan fingerprint density at radius 1 is 1.55 bits per heavy atom. The zero-order valence-corrected chi connectivity index (χ0v) is 8.29. The van der Waals surface area contributed by atoms with E-state index < -0.39 is 0 Å². The molecule has 1 fully saturated rings. The number of hydrogen-bond donors (Lipinski definition) is 1. The summed E-state index contributed by atoms with van der Waals surface area (Å²) < 4.78 is 5.44. The number of thiocarbonyl (C=S) groups is 1. The Hall–Kier alpha value is -0.310. The molecule has 0 aliphatic carbocycles. The molecule has 0 aromatic rings. The van der Waals surface area contributed by atoms with Gasteiger partial charge in [0.15, 0.2) is 0 Å². The van der Waals surface area contributed by atoms with E-state index in [0.717, 1.165) is 0 Å². The van der Waals surface area contributed by atoms with Crippen LogP contribution in [0.15, 0.2) is 0 Å². The van der Waals surface area contributed by atoms with Crippen LogP contribution in [0.5, 0.6) is 0 Å². The highest BCUT2D eigenvalue weighted by atomic mass is 32.1. The molecule has 3 heteroatoms. The minimum absolute atomic E-state index is 0.148. The van der Waals surface area contributed by atoms with Gasteiger partial charge in [-0.15, -0.1) is 0 Å². The molecule has 0 amide bonds. The normalized spacial score (nSPS) is 28.5. The molecule has 0 aromatic carbocycles. The summed E-state index contributed by atoms with van der Waals surface area (Å²) >= 11 is 4.93. The van der Waals surface area contributed by atoms with Crippen molar-refractivity contribution in [3.63, 3.8) is 0 Å². The quantitative estimate of drug-likeness (QED) is 0.610. The predicted octanol–water partition coefficient (Wildman–Crippen LogP) is 1.69. The average molecular weight is 173 g/mol. The molecule has 1 N–H and O–H groups in total. The summed E-state index contributed by atoms with van der Waals surface area (Å²) in [5, 5.41) is 3.69. The van der Waals surface area contributed by atoms with E-state index in [1.54, 1.807) is 0 Å². The molecule has 0 unspecified atom stereocenters. The topological polar surface area (TPSA) is 21.3 Å². The molecule has 0 radical (unpaired) electrons. The number of ether oxygens (including phenoxy) is 1. The van der Waals surface area contributed by atoms with E-state index in [2.05, 4.69) is 33.0 Å². The van der Waals surface area contributed by atoms with Crippen LogP contribution in [0, 0.1) is 5.92 Å². The Bertz CT molecular complexity index is 177. The molecule has 1 aliphatic heterocycles. The Labute approximate surface area is 73.3 Å². The van der Waals surface area contributed by atoms with Crippen molar-refractivity contribution in [2.24, 2.45) is 5.92 Å². The molecule has 2 nitrogen and oxygen atoms in total. The molecule has 0 bridgehead atoms. The van der Waals surface area contributed by atoms with Crippen LogP contribution in [0.3, 0.4) is 0 Å². The fraction of sp³-hybridized carbons (Fsp3) is 0.875. The second-order valence-electron chi connectivity index (χ2n) is 3.86. The maximum Gasteiger partial charge on any atom is 0.257 e. The maximum atomic E-state index is 5.44. The second kappa shape index (κ2) is 2.63. The minimum Gasteiger partial charge on any atom is -0.463 e. The SMILES string of the molecule is CC(C)[C@@H]1NC(=S)OC1(C)C. The molecule has 1 atom stereocenters. The third kappa shape index (κ3) is 1.64. The van der Waals surface area contributed by atoms with Gasteiger partial charge in [0.25, 0.3) is 5.17 Å². The van der Waals surface area contributed by atoms with Gasteiger partial charge in [0, 0.05) is 0 Å². The first-order chi connectivity index (χ1) is 4.93. The fourth-order valence-corrected chi connectivity index (χ4v) is 1.94. The molecular formula is C8H15NOS. The van der Waals surface area contributed by atoms with Crippen LogP contribution in [-0.4, -0.2) is 16.8 Å². The van der Waals surface area contributed by atoms with Crippen LogP contribution in [-0.2, 0) is 4.74 Å². The standard InChI is InChI=1S/C8H15NOS/c1-5(2)6-8(3,4)10-7(11)9-6/h5-6H,1-4H3,(H,9,11)/t6-/m0/s1. The van der Waals surface area contributed by atoms with Crippen molar-refractivity contribution >= 4 is 17.4 Å². The van der Waals surface area contributed by atoms with Crippen LogP contribution in [0.2, 0.25) is 0 Å². The Morgan fingerprint density at radius 3 is 2.27 bits per heavy atom. The van der Waals surface area contributed by atoms with Crippen molar-refractivity contribution in [1.29, 1.82) is 0 Å². The highest BCUT2D eigenvalue weighted by Gasteiger charge is 2.40. The Morgan fingerprint density at radius 2 is 2.09 bits per heavy atom. The summed E-state index contributed by atoms with van der Waals surface area (Å²) in [4.78, 5) is 0. The van der Waals surface area contributed by atoms with Crippen molar-refractivity contribution in [3.8, 4) is 0 Å². The average Bonchev–Trinajstić information content (AvgIpc) is 2.04. The van der Waals surface area contributed by atoms with E-state index in [1.807, 2.05) is 0 Å². The molecule has 1 saturated heterocycles. The largest absolute Gasteiger partial charge is 0.463 e. The monoisotopic (exact) mass is 173 g/mol. The first-order valence-electron chi connectivity index (χ1n) is 3.93. The highest BCUT2D eigenvalue weighted by molar-refractivity contribution is 7.80. The molecule has 0 aromatic heterocycles. The third-order valence-electron chi connectivity index (χ3n) is 2.04. The van der Waals surface area contributed by atoms with Crippen LogP contribution in [0.25, 0.3) is 0 Å². The molecule has 11 heavy (non-hydrogen) atoms. The molecule has 0 spiro atoms. The Balaban J connectivity index is 2.74. The predicted molar refractivity (Wildman–Crippen MR) is 49.5 cm³/mol. The zero-order valence-electron chi connectivity index (χ0n) is 7.47. The summed E-state index contributed by atoms with van der Waals surface area (Å²) in [7, 11) is 0. The van der Waals surface area contributed by atoms with Crippen LogP contribution >= 0.6 is 12.2 Å². The lowest BCUT2D eigenvalue weighted by Gasteiger charge is -2.26. The lowest BCUT2D eigenvalue weighted by molar-refractivity contribution is 0.0898. The molecule has 1 rings (SSSR count). The van der Waals surface area contributed by atoms with Crippen LogP contribution in [0.4, 0.5) is 0 Å². The molecule has 0 saturated carbocycles. The van der Waals surface area contributed by atoms with Crippen LogP contribution in [0.1, 0.15) is 27.7 Å². The van der Waals surface area contributed by atoms with E-state index in [-0.39, 0.29) is 5.60 Å². The van der Waals surface area contributed by atoms with Crippen molar-refractivity contribution in [2.75, 3.05) is 0 Å². The number of hydrogen-bond acceptors (Lipinski definition) is 2. The van der Waals surface area contributed by atoms with Gasteiger partial charge in [-0.25, -0.2) is 0 Å². The van der Waals surface area contributed by atoms with Crippen molar-refractivity contribution in [1.82, 2.24) is 5.32 Å². The second-order valence-corrected chi connectivity index (χ2v) is 4.23. The lowest BCUT2D eigenvalue weighted by atomic mass is 9.90. The van der Waals surface area contributed by atoms with Crippen LogP contribution < -0.4 is 5.32 Å². The van der Waals surface area contributed by atoms with Gasteiger partial charge in [-0.2, -0.15) is 0 Å². The summed E-state index contributed by atoms with van der Waals surface area (Å²) in [5.74, 6) is 0.547. The van der Waals surface area contributed by atoms with Gasteiger partial charge < -0.3 is 10.1 Å². The minimum atomic E-state index is -0.148. The Kier molecular flexibility index (Phi) is 2.10. The fourth-order valence-electron chi connectivity index (χ4n) is 1.60. The molecular weight excluding hydrogens is 158 g/mol. The van der Waals surface area contributed by atoms with Gasteiger partial charge in [-0.05, 0) is 32.0 Å². The lowest BCUT2D eigenvalue weighted by Crippen LogP contribution is -2.42. The smallest absolute Gasteiger partial charge is 0.257 e. The summed E-state index contributed by atoms with van der Waals surface area (Å²) in [5.41, 5.74) is -0.148. The van der Waals surface area contributed by atoms with E-state index in [1.165, 1.54) is 0 Å². The van der Waals surface area contributed by atoms with Gasteiger partial charge in [-0.1, -0.05) is 13.8 Å². The van der Waals surface area contributed by atoms with E-state index >= 15 is 0 Å². The first-order valence-corrected chi connectivity index (χ1v) is 4.34. The van der Waals surface area contributed by atoms with Crippen molar-refractivity contribution in [3.05, 3.63) is 0 Å². The van der Waals surface area contributed by atoms with Gasteiger partial charge in [0.05, 0.1) is 6.04 Å². The van der Waals surface area contributed by atoms with Crippen molar-refractivity contribution in [2.45, 2.75) is 39.3 Å². The number of rotatable bonds is 1. The molecule has 1 heterocycles. The highest BCUT2D eigenvalue weighted by Crippen LogP contribution is 2.26. The summed E-state index contributed by atoms with van der Waals surface area (Å²) in [6, 6.07) is 0.343. The molecule has 1 aliphatic rings. The van der Waals surface area contributed by atoms with Gasteiger partial charge in [0.1, 0.15) is 5.60 Å².